The maximum Gasteiger partial charge on any atom is 0.194 e. The first-order valence-corrected chi connectivity index (χ1v) is 11.6. The molecule has 0 aliphatic carbocycles. The van der Waals surface area contributed by atoms with E-state index >= 15 is 0 Å². The topological polar surface area (TPSA) is 49.3 Å². The number of hydrogen-bond acceptors (Lipinski definition) is 5. The van der Waals surface area contributed by atoms with E-state index in [9.17, 15) is 0 Å². The number of halogens is 1. The van der Waals surface area contributed by atoms with Crippen LogP contribution in [0.2, 0.25) is 0 Å². The lowest BCUT2D eigenvalue weighted by Crippen LogP contribution is -2.45. The molecule has 1 aromatic heterocycles. The van der Waals surface area contributed by atoms with Gasteiger partial charge in [0.1, 0.15) is 0 Å². The minimum atomic E-state index is 0. The van der Waals surface area contributed by atoms with Crippen molar-refractivity contribution < 1.29 is 9.47 Å². The quantitative estimate of drug-likeness (QED) is 0.357. The highest BCUT2D eigenvalue weighted by Crippen LogP contribution is 2.38. The number of thiophene rings is 1. The molecule has 0 radical (unpaired) electrons. The van der Waals surface area contributed by atoms with Crippen LogP contribution in [0.25, 0.3) is 0 Å². The molecule has 0 saturated carbocycles. The lowest BCUT2D eigenvalue weighted by Gasteiger charge is -2.36. The van der Waals surface area contributed by atoms with Crippen LogP contribution in [-0.4, -0.2) is 81.0 Å². The van der Waals surface area contributed by atoms with Gasteiger partial charge in [0.25, 0.3) is 0 Å². The van der Waals surface area contributed by atoms with Crippen LogP contribution in [0.1, 0.15) is 37.6 Å². The predicted molar refractivity (Wildman–Crippen MR) is 129 cm³/mol. The Labute approximate surface area is 196 Å². The van der Waals surface area contributed by atoms with Crippen LogP contribution in [0.15, 0.2) is 22.5 Å². The predicted octanol–water partition coefficient (Wildman–Crippen LogP) is 3.21. The molecule has 3 aliphatic heterocycles. The highest BCUT2D eigenvalue weighted by molar-refractivity contribution is 14.0. The molecular weight excluding hydrogens is 499 g/mol. The van der Waals surface area contributed by atoms with Gasteiger partial charge in [-0.2, -0.15) is 0 Å². The molecule has 0 amide bonds. The number of nitrogens with zero attached hydrogens (tertiary/aromatic N) is 3. The van der Waals surface area contributed by atoms with E-state index in [-0.39, 0.29) is 30.1 Å². The summed E-state index contributed by atoms with van der Waals surface area (Å²) < 4.78 is 11.5. The van der Waals surface area contributed by atoms with E-state index in [2.05, 4.69) is 46.5 Å². The van der Waals surface area contributed by atoms with Gasteiger partial charge in [-0.25, -0.2) is 0 Å². The third-order valence-electron chi connectivity index (χ3n) is 6.26. The molecule has 3 unspecified atom stereocenters. The fourth-order valence-corrected chi connectivity index (χ4v) is 5.53. The fraction of sp³-hybridized carbons (Fsp3) is 0.762. The second kappa shape index (κ2) is 10.7. The molecule has 6 nitrogen and oxygen atoms in total. The lowest BCUT2D eigenvalue weighted by atomic mass is 9.87. The Morgan fingerprint density at radius 1 is 1.38 bits per heavy atom. The Bertz CT molecular complexity index is 651. The van der Waals surface area contributed by atoms with E-state index in [1.54, 1.807) is 0 Å². The highest BCUT2D eigenvalue weighted by Gasteiger charge is 2.42. The zero-order valence-electron chi connectivity index (χ0n) is 17.6. The van der Waals surface area contributed by atoms with E-state index in [4.69, 9.17) is 14.5 Å². The van der Waals surface area contributed by atoms with Crippen LogP contribution >= 0.6 is 35.3 Å². The zero-order chi connectivity index (χ0) is 19.4. The smallest absolute Gasteiger partial charge is 0.194 e. The van der Waals surface area contributed by atoms with Crippen molar-refractivity contribution in [2.45, 2.75) is 38.8 Å². The van der Waals surface area contributed by atoms with Gasteiger partial charge in [0.15, 0.2) is 5.96 Å². The standard InChI is InChI=1S/C21H34N4O2S.HI/c1-3-22-20(25-8-6-21(15-25)7-10-26-16-21)23-13-18(19-5-4-12-28-19)24-9-11-27-17(2)14-24;/h4-5,12,17-18H,3,6-11,13-16H2,1-2H3,(H,22,23);1H. The van der Waals surface area contributed by atoms with E-state index in [0.29, 0.717) is 11.5 Å². The average molecular weight is 535 g/mol. The number of rotatable bonds is 5. The van der Waals surface area contributed by atoms with Crippen molar-refractivity contribution in [3.63, 3.8) is 0 Å². The first kappa shape index (κ1) is 23.2. The monoisotopic (exact) mass is 534 g/mol. The molecule has 1 spiro atoms. The van der Waals surface area contributed by atoms with Crippen LogP contribution in [-0.2, 0) is 9.47 Å². The summed E-state index contributed by atoms with van der Waals surface area (Å²) in [5, 5.41) is 5.71. The van der Waals surface area contributed by atoms with E-state index in [0.717, 1.165) is 65.0 Å². The van der Waals surface area contributed by atoms with Crippen molar-refractivity contribution >= 4 is 41.3 Å². The van der Waals surface area contributed by atoms with Gasteiger partial charge in [-0.1, -0.05) is 6.07 Å². The minimum absolute atomic E-state index is 0. The van der Waals surface area contributed by atoms with Gasteiger partial charge in [-0.15, -0.1) is 35.3 Å². The van der Waals surface area contributed by atoms with Gasteiger partial charge in [0.05, 0.1) is 31.9 Å². The van der Waals surface area contributed by atoms with Crippen molar-refractivity contribution in [1.82, 2.24) is 15.1 Å². The number of nitrogens with one attached hydrogen (secondary N) is 1. The van der Waals surface area contributed by atoms with Gasteiger partial charge < -0.3 is 19.7 Å². The lowest BCUT2D eigenvalue weighted by molar-refractivity contribution is -0.0327. The van der Waals surface area contributed by atoms with Gasteiger partial charge in [-0.05, 0) is 38.1 Å². The second-order valence-corrected chi connectivity index (χ2v) is 9.36. The molecule has 4 rings (SSSR count). The summed E-state index contributed by atoms with van der Waals surface area (Å²) in [5.74, 6) is 1.06. The zero-order valence-corrected chi connectivity index (χ0v) is 20.8. The normalized spacial score (nSPS) is 29.2. The molecule has 3 fully saturated rings. The summed E-state index contributed by atoms with van der Waals surface area (Å²) in [4.78, 5) is 11.5. The van der Waals surface area contributed by atoms with Crippen LogP contribution in [0, 0.1) is 5.41 Å². The number of guanidine groups is 1. The SMILES string of the molecule is CCNC(=NCC(c1cccs1)N1CCOC(C)C1)N1CCC2(CCOC2)C1.I. The molecule has 29 heavy (non-hydrogen) atoms. The first-order chi connectivity index (χ1) is 13.7. The Balaban J connectivity index is 0.00000240. The molecule has 0 bridgehead atoms. The molecular formula is C21H35IN4O2S. The maximum absolute atomic E-state index is 5.77. The van der Waals surface area contributed by atoms with Crippen LogP contribution < -0.4 is 5.32 Å². The minimum Gasteiger partial charge on any atom is -0.381 e. The Hall–Kier alpha value is -0.420. The van der Waals surface area contributed by atoms with Crippen LogP contribution in [0.3, 0.4) is 0 Å². The summed E-state index contributed by atoms with van der Waals surface area (Å²) in [7, 11) is 0. The molecule has 164 valence electrons. The summed E-state index contributed by atoms with van der Waals surface area (Å²) in [6.07, 6.45) is 2.69. The molecule has 0 aromatic carbocycles. The summed E-state index contributed by atoms with van der Waals surface area (Å²) in [6.45, 7) is 12.7. The number of hydrogen-bond donors (Lipinski definition) is 1. The molecule has 3 aliphatic rings. The molecule has 3 saturated heterocycles. The van der Waals surface area contributed by atoms with E-state index in [1.165, 1.54) is 17.7 Å². The van der Waals surface area contributed by atoms with Gasteiger partial charge >= 0.3 is 0 Å². The Kier molecular flexibility index (Phi) is 8.62. The average Bonchev–Trinajstić information content (AvgIpc) is 3.45. The summed E-state index contributed by atoms with van der Waals surface area (Å²) in [5.41, 5.74) is 0.350. The molecule has 8 heteroatoms. The highest BCUT2D eigenvalue weighted by atomic mass is 127. The number of aliphatic imine (C=N–C) groups is 1. The Morgan fingerprint density at radius 2 is 2.28 bits per heavy atom. The number of likely N-dealkylation sites (tertiary alicyclic amines) is 1. The molecule has 4 heterocycles. The van der Waals surface area contributed by atoms with Crippen molar-refractivity contribution in [3.8, 4) is 0 Å². The first-order valence-electron chi connectivity index (χ1n) is 10.7. The van der Waals surface area contributed by atoms with Crippen molar-refractivity contribution in [2.24, 2.45) is 10.4 Å². The second-order valence-electron chi connectivity index (χ2n) is 8.38. The molecule has 1 aromatic rings. The third-order valence-corrected chi connectivity index (χ3v) is 7.23. The number of ether oxygens (including phenoxy) is 2. The number of morpholine rings is 1. The van der Waals surface area contributed by atoms with Gasteiger partial charge in [-0.3, -0.25) is 9.89 Å². The van der Waals surface area contributed by atoms with Gasteiger partial charge in [0.2, 0.25) is 0 Å². The largest absolute Gasteiger partial charge is 0.381 e. The molecule has 1 N–H and O–H groups in total. The van der Waals surface area contributed by atoms with E-state index < -0.39 is 0 Å². The van der Waals surface area contributed by atoms with Gasteiger partial charge in [0, 0.05) is 49.6 Å². The van der Waals surface area contributed by atoms with Crippen LogP contribution in [0.4, 0.5) is 0 Å². The maximum atomic E-state index is 5.77. The van der Waals surface area contributed by atoms with Crippen LogP contribution in [0.5, 0.6) is 0 Å². The summed E-state index contributed by atoms with van der Waals surface area (Å²) in [6, 6.07) is 4.72. The fourth-order valence-electron chi connectivity index (χ4n) is 4.68. The molecule has 3 atom stereocenters. The van der Waals surface area contributed by atoms with Crippen molar-refractivity contribution in [1.29, 1.82) is 0 Å². The Morgan fingerprint density at radius 3 is 2.97 bits per heavy atom. The van der Waals surface area contributed by atoms with Crippen molar-refractivity contribution in [2.75, 3.05) is 59.1 Å². The van der Waals surface area contributed by atoms with E-state index in [1.807, 2.05) is 11.3 Å². The summed E-state index contributed by atoms with van der Waals surface area (Å²) >= 11 is 1.84. The third kappa shape index (κ3) is 5.64. The van der Waals surface area contributed by atoms with Crippen molar-refractivity contribution in [3.05, 3.63) is 22.4 Å².